The van der Waals surface area contributed by atoms with E-state index in [1.165, 1.54) is 12.0 Å². The van der Waals surface area contributed by atoms with Gasteiger partial charge < -0.3 is 25.0 Å². The molecule has 0 radical (unpaired) electrons. The van der Waals surface area contributed by atoms with Crippen LogP contribution in [0.15, 0.2) is 24.3 Å². The summed E-state index contributed by atoms with van der Waals surface area (Å²) in [5, 5.41) is 5.29. The average molecular weight is 295 g/mol. The van der Waals surface area contributed by atoms with Gasteiger partial charge in [-0.3, -0.25) is 4.79 Å². The number of methoxy groups -OCH3 is 1. The molecule has 7 heteroatoms. The van der Waals surface area contributed by atoms with Crippen molar-refractivity contribution >= 4 is 11.9 Å². The Morgan fingerprint density at radius 3 is 2.33 bits per heavy atom. The summed E-state index contributed by atoms with van der Waals surface area (Å²) in [6, 6.07) is 6.90. The summed E-state index contributed by atoms with van der Waals surface area (Å²) in [5.41, 5.74) is 0. The first-order valence-electron chi connectivity index (χ1n) is 6.52. The summed E-state index contributed by atoms with van der Waals surface area (Å²) in [7, 11) is 4.83. The summed E-state index contributed by atoms with van der Waals surface area (Å²) in [5.74, 6) is 0.819. The van der Waals surface area contributed by atoms with Gasteiger partial charge >= 0.3 is 6.03 Å². The minimum absolute atomic E-state index is 0.109. The number of rotatable bonds is 7. The van der Waals surface area contributed by atoms with Crippen LogP contribution in [0.5, 0.6) is 11.5 Å². The molecule has 0 fully saturated rings. The van der Waals surface area contributed by atoms with E-state index in [0.29, 0.717) is 24.6 Å². The third-order valence-electron chi connectivity index (χ3n) is 2.56. The molecule has 0 bridgehead atoms. The number of ether oxygens (including phenoxy) is 2. The maximum Gasteiger partial charge on any atom is 0.316 e. The molecule has 0 aliphatic carbocycles. The van der Waals surface area contributed by atoms with Crippen molar-refractivity contribution in [3.63, 3.8) is 0 Å². The highest BCUT2D eigenvalue weighted by Gasteiger charge is 2.07. The average Bonchev–Trinajstić information content (AvgIpc) is 2.49. The van der Waals surface area contributed by atoms with E-state index >= 15 is 0 Å². The van der Waals surface area contributed by atoms with Crippen molar-refractivity contribution in [3.8, 4) is 11.5 Å². The van der Waals surface area contributed by atoms with Crippen molar-refractivity contribution in [2.24, 2.45) is 0 Å². The first kappa shape index (κ1) is 16.6. The molecule has 7 nitrogen and oxygen atoms in total. The van der Waals surface area contributed by atoms with Crippen molar-refractivity contribution in [1.29, 1.82) is 0 Å². The number of urea groups is 1. The van der Waals surface area contributed by atoms with Gasteiger partial charge in [-0.05, 0) is 12.1 Å². The quantitative estimate of drug-likeness (QED) is 0.716. The second-order valence-electron chi connectivity index (χ2n) is 4.42. The smallest absolute Gasteiger partial charge is 0.316 e. The third kappa shape index (κ3) is 6.03. The van der Waals surface area contributed by atoms with Crippen LogP contribution in [0, 0.1) is 0 Å². The van der Waals surface area contributed by atoms with Gasteiger partial charge in [0, 0.05) is 27.2 Å². The molecule has 2 N–H and O–H groups in total. The minimum atomic E-state index is -0.264. The number of nitrogens with zero attached hydrogens (tertiary/aromatic N) is 1. The number of amides is 3. The van der Waals surface area contributed by atoms with Crippen LogP contribution in [0.4, 0.5) is 4.79 Å². The lowest BCUT2D eigenvalue weighted by molar-refractivity contribution is -0.123. The summed E-state index contributed by atoms with van der Waals surface area (Å²) in [6.45, 7) is 0.590. The van der Waals surface area contributed by atoms with E-state index in [9.17, 15) is 9.59 Å². The van der Waals surface area contributed by atoms with Gasteiger partial charge in [0.05, 0.1) is 7.11 Å². The molecule has 0 saturated heterocycles. The lowest BCUT2D eigenvalue weighted by atomic mass is 10.3. The second-order valence-corrected chi connectivity index (χ2v) is 4.42. The van der Waals surface area contributed by atoms with Gasteiger partial charge in [-0.2, -0.15) is 0 Å². The normalized spacial score (nSPS) is 9.67. The van der Waals surface area contributed by atoms with Gasteiger partial charge in [0.25, 0.3) is 5.91 Å². The zero-order chi connectivity index (χ0) is 15.7. The van der Waals surface area contributed by atoms with Crippen LogP contribution >= 0.6 is 0 Å². The number of benzene rings is 1. The van der Waals surface area contributed by atoms with Crippen LogP contribution in [0.1, 0.15) is 0 Å². The fourth-order valence-electron chi connectivity index (χ4n) is 1.46. The molecule has 0 heterocycles. The molecule has 1 aromatic carbocycles. The van der Waals surface area contributed by atoms with E-state index in [2.05, 4.69) is 10.6 Å². The predicted molar refractivity (Wildman–Crippen MR) is 78.6 cm³/mol. The molecule has 1 aromatic rings. The highest BCUT2D eigenvalue weighted by Crippen LogP contribution is 2.25. The van der Waals surface area contributed by atoms with Crippen LogP contribution in [-0.4, -0.2) is 57.7 Å². The second kappa shape index (κ2) is 8.68. The van der Waals surface area contributed by atoms with Crippen LogP contribution in [0.2, 0.25) is 0 Å². The Kier molecular flexibility index (Phi) is 6.86. The fraction of sp³-hybridized carbons (Fsp3) is 0.429. The molecular formula is C14H21N3O4. The standard InChI is InChI=1S/C14H21N3O4/c1-17(2)14(19)16-9-8-15-13(18)10-21-12-7-5-4-6-11(12)20-3/h4-7H,8-10H2,1-3H3,(H,15,18)(H,16,19). The van der Waals surface area contributed by atoms with E-state index in [1.807, 2.05) is 6.07 Å². The Labute approximate surface area is 124 Å². The van der Waals surface area contributed by atoms with Gasteiger partial charge in [0.1, 0.15) is 0 Å². The molecule has 116 valence electrons. The molecule has 0 aliphatic rings. The number of para-hydroxylation sites is 2. The van der Waals surface area contributed by atoms with Crippen molar-refractivity contribution < 1.29 is 19.1 Å². The van der Waals surface area contributed by atoms with Crippen LogP contribution in [0.25, 0.3) is 0 Å². The van der Waals surface area contributed by atoms with Crippen molar-refractivity contribution in [1.82, 2.24) is 15.5 Å². The van der Waals surface area contributed by atoms with Crippen LogP contribution in [-0.2, 0) is 4.79 Å². The van der Waals surface area contributed by atoms with Crippen LogP contribution < -0.4 is 20.1 Å². The van der Waals surface area contributed by atoms with Gasteiger partial charge in [-0.1, -0.05) is 12.1 Å². The van der Waals surface area contributed by atoms with Gasteiger partial charge in [-0.15, -0.1) is 0 Å². The molecule has 3 amide bonds. The summed E-state index contributed by atoms with van der Waals surface area (Å²) < 4.78 is 10.5. The molecule has 1 rings (SSSR count). The first-order valence-corrected chi connectivity index (χ1v) is 6.52. The number of carbonyl (C=O) groups is 2. The molecule has 0 unspecified atom stereocenters. The lowest BCUT2D eigenvalue weighted by Gasteiger charge is -2.13. The summed E-state index contributed by atoms with van der Waals surface area (Å²) in [4.78, 5) is 24.3. The number of hydrogen-bond acceptors (Lipinski definition) is 4. The SMILES string of the molecule is COc1ccccc1OCC(=O)NCCNC(=O)N(C)C. The highest BCUT2D eigenvalue weighted by molar-refractivity contribution is 5.77. The Balaban J connectivity index is 2.24. The molecular weight excluding hydrogens is 274 g/mol. The predicted octanol–water partition coefficient (Wildman–Crippen LogP) is 0.461. The topological polar surface area (TPSA) is 79.9 Å². The largest absolute Gasteiger partial charge is 0.493 e. The maximum atomic E-state index is 11.6. The highest BCUT2D eigenvalue weighted by atomic mass is 16.5. The lowest BCUT2D eigenvalue weighted by Crippen LogP contribution is -2.40. The number of nitrogens with one attached hydrogen (secondary N) is 2. The molecule has 0 atom stereocenters. The van der Waals surface area contributed by atoms with Crippen molar-refractivity contribution in [2.45, 2.75) is 0 Å². The number of carbonyl (C=O) groups excluding carboxylic acids is 2. The zero-order valence-electron chi connectivity index (χ0n) is 12.5. The maximum absolute atomic E-state index is 11.6. The summed E-state index contributed by atoms with van der Waals surface area (Å²) in [6.07, 6.45) is 0. The monoisotopic (exact) mass is 295 g/mol. The zero-order valence-corrected chi connectivity index (χ0v) is 12.5. The Bertz CT molecular complexity index is 477. The third-order valence-corrected chi connectivity index (χ3v) is 2.56. The fourth-order valence-corrected chi connectivity index (χ4v) is 1.46. The Morgan fingerprint density at radius 1 is 1.10 bits per heavy atom. The Morgan fingerprint density at radius 2 is 1.71 bits per heavy atom. The van der Waals surface area contributed by atoms with E-state index in [4.69, 9.17) is 9.47 Å². The van der Waals surface area contributed by atoms with Crippen LogP contribution in [0.3, 0.4) is 0 Å². The van der Waals surface area contributed by atoms with Gasteiger partial charge in [-0.25, -0.2) is 4.79 Å². The summed E-state index contributed by atoms with van der Waals surface area (Å²) >= 11 is 0. The van der Waals surface area contributed by atoms with E-state index in [0.717, 1.165) is 0 Å². The van der Waals surface area contributed by atoms with E-state index in [1.54, 1.807) is 32.3 Å². The molecule has 0 aliphatic heterocycles. The Hall–Kier alpha value is -2.44. The molecule has 0 aromatic heterocycles. The minimum Gasteiger partial charge on any atom is -0.493 e. The number of hydrogen-bond donors (Lipinski definition) is 2. The molecule has 0 spiro atoms. The van der Waals surface area contributed by atoms with Crippen molar-refractivity contribution in [2.75, 3.05) is 40.9 Å². The van der Waals surface area contributed by atoms with Crippen molar-refractivity contribution in [3.05, 3.63) is 24.3 Å². The van der Waals surface area contributed by atoms with E-state index < -0.39 is 0 Å². The molecule has 21 heavy (non-hydrogen) atoms. The van der Waals surface area contributed by atoms with E-state index in [-0.39, 0.29) is 18.5 Å². The molecule has 0 saturated carbocycles. The first-order chi connectivity index (χ1) is 10.0. The van der Waals surface area contributed by atoms with Gasteiger partial charge in [0.2, 0.25) is 0 Å². The van der Waals surface area contributed by atoms with Gasteiger partial charge in [0.15, 0.2) is 18.1 Å².